The molecular formula is C10H7FO3. The number of hydrogen-bond donors (Lipinski definition) is 1. The van der Waals surface area contributed by atoms with E-state index in [0.29, 0.717) is 11.8 Å². The highest BCUT2D eigenvalue weighted by Crippen LogP contribution is 2.09. The molecule has 0 radical (unpaired) electrons. The standard InChI is InChI=1S/C10H7FO3/c11-9-5-7(2-4-10(13)14)1-3-8(9)6-12/h1-6H,(H,13,14)/b4-2+. The third-order valence-corrected chi connectivity index (χ3v) is 1.57. The van der Waals surface area contributed by atoms with E-state index in [2.05, 4.69) is 0 Å². The number of aliphatic carboxylic acids is 1. The van der Waals surface area contributed by atoms with Crippen LogP contribution in [0.5, 0.6) is 0 Å². The summed E-state index contributed by atoms with van der Waals surface area (Å²) in [5.41, 5.74) is 0.355. The van der Waals surface area contributed by atoms with Gasteiger partial charge in [-0.05, 0) is 23.8 Å². The van der Waals surface area contributed by atoms with Crippen LogP contribution in [0.15, 0.2) is 24.3 Å². The van der Waals surface area contributed by atoms with E-state index in [4.69, 9.17) is 5.11 Å². The van der Waals surface area contributed by atoms with Crippen molar-refractivity contribution in [1.82, 2.24) is 0 Å². The SMILES string of the molecule is O=Cc1ccc(/C=C/C(=O)O)cc1F. The van der Waals surface area contributed by atoms with Crippen LogP contribution in [-0.2, 0) is 4.79 Å². The molecule has 3 nitrogen and oxygen atoms in total. The minimum Gasteiger partial charge on any atom is -0.478 e. The molecule has 14 heavy (non-hydrogen) atoms. The van der Waals surface area contributed by atoms with Crippen molar-refractivity contribution in [3.8, 4) is 0 Å². The number of aldehydes is 1. The Morgan fingerprint density at radius 3 is 2.64 bits per heavy atom. The number of hydrogen-bond acceptors (Lipinski definition) is 2. The first-order valence-corrected chi connectivity index (χ1v) is 3.79. The van der Waals surface area contributed by atoms with Gasteiger partial charge in [0.2, 0.25) is 0 Å². The lowest BCUT2D eigenvalue weighted by molar-refractivity contribution is -0.131. The number of benzene rings is 1. The molecular weight excluding hydrogens is 187 g/mol. The summed E-state index contributed by atoms with van der Waals surface area (Å²) in [7, 11) is 0. The van der Waals surface area contributed by atoms with Gasteiger partial charge in [-0.1, -0.05) is 6.07 Å². The fourth-order valence-electron chi connectivity index (χ4n) is 0.910. The molecule has 0 saturated heterocycles. The van der Waals surface area contributed by atoms with Crippen LogP contribution in [-0.4, -0.2) is 17.4 Å². The lowest BCUT2D eigenvalue weighted by Crippen LogP contribution is -1.89. The maximum atomic E-state index is 13.0. The number of carboxylic acid groups (broad SMARTS) is 1. The molecule has 72 valence electrons. The van der Waals surface area contributed by atoms with Crippen molar-refractivity contribution in [3.63, 3.8) is 0 Å². The smallest absolute Gasteiger partial charge is 0.328 e. The summed E-state index contributed by atoms with van der Waals surface area (Å²) in [6.45, 7) is 0. The zero-order chi connectivity index (χ0) is 10.6. The van der Waals surface area contributed by atoms with Crippen LogP contribution in [0, 0.1) is 5.82 Å². The van der Waals surface area contributed by atoms with E-state index >= 15 is 0 Å². The van der Waals surface area contributed by atoms with Gasteiger partial charge >= 0.3 is 5.97 Å². The normalized spacial score (nSPS) is 10.4. The summed E-state index contributed by atoms with van der Waals surface area (Å²) < 4.78 is 13.0. The van der Waals surface area contributed by atoms with E-state index in [-0.39, 0.29) is 5.56 Å². The topological polar surface area (TPSA) is 54.4 Å². The molecule has 0 amide bonds. The van der Waals surface area contributed by atoms with Crippen molar-refractivity contribution >= 4 is 18.3 Å². The molecule has 0 spiro atoms. The van der Waals surface area contributed by atoms with Crippen LogP contribution in [0.1, 0.15) is 15.9 Å². The Kier molecular flexibility index (Phi) is 3.12. The summed E-state index contributed by atoms with van der Waals surface area (Å²) >= 11 is 0. The molecule has 1 rings (SSSR count). The van der Waals surface area contributed by atoms with Crippen LogP contribution in [0.25, 0.3) is 6.08 Å². The lowest BCUT2D eigenvalue weighted by Gasteiger charge is -1.95. The molecule has 0 bridgehead atoms. The third kappa shape index (κ3) is 2.52. The van der Waals surface area contributed by atoms with Gasteiger partial charge in [0, 0.05) is 6.08 Å². The molecule has 0 unspecified atom stereocenters. The predicted octanol–water partition coefficient (Wildman–Crippen LogP) is 1.74. The van der Waals surface area contributed by atoms with E-state index in [1.54, 1.807) is 0 Å². The van der Waals surface area contributed by atoms with E-state index in [1.165, 1.54) is 18.2 Å². The first-order chi connectivity index (χ1) is 6.63. The summed E-state index contributed by atoms with van der Waals surface area (Å²) in [6, 6.07) is 3.86. The molecule has 1 N–H and O–H groups in total. The summed E-state index contributed by atoms with van der Waals surface area (Å²) in [4.78, 5) is 20.4. The zero-order valence-corrected chi connectivity index (χ0v) is 7.11. The number of halogens is 1. The highest BCUT2D eigenvalue weighted by atomic mass is 19.1. The number of carbonyl (C=O) groups excluding carboxylic acids is 1. The Bertz CT molecular complexity index is 396. The molecule has 0 fully saturated rings. The van der Waals surface area contributed by atoms with Crippen molar-refractivity contribution in [2.24, 2.45) is 0 Å². The van der Waals surface area contributed by atoms with Gasteiger partial charge in [0.15, 0.2) is 6.29 Å². The van der Waals surface area contributed by atoms with Crippen molar-refractivity contribution in [2.45, 2.75) is 0 Å². The minimum atomic E-state index is -1.11. The van der Waals surface area contributed by atoms with Gasteiger partial charge in [0.1, 0.15) is 5.82 Å². The molecule has 1 aromatic carbocycles. The van der Waals surface area contributed by atoms with Crippen LogP contribution >= 0.6 is 0 Å². The Hall–Kier alpha value is -1.97. The van der Waals surface area contributed by atoms with Gasteiger partial charge in [0.05, 0.1) is 5.56 Å². The lowest BCUT2D eigenvalue weighted by atomic mass is 10.1. The zero-order valence-electron chi connectivity index (χ0n) is 7.11. The van der Waals surface area contributed by atoms with E-state index < -0.39 is 11.8 Å². The Morgan fingerprint density at radius 2 is 2.14 bits per heavy atom. The predicted molar refractivity (Wildman–Crippen MR) is 48.5 cm³/mol. The molecule has 0 aliphatic carbocycles. The Balaban J connectivity index is 2.97. The third-order valence-electron chi connectivity index (χ3n) is 1.57. The van der Waals surface area contributed by atoms with E-state index in [9.17, 15) is 14.0 Å². The van der Waals surface area contributed by atoms with Gasteiger partial charge in [-0.25, -0.2) is 9.18 Å². The first-order valence-electron chi connectivity index (χ1n) is 3.79. The average Bonchev–Trinajstić information content (AvgIpc) is 2.15. The molecule has 0 aromatic heterocycles. The molecule has 0 saturated carbocycles. The van der Waals surface area contributed by atoms with Gasteiger partial charge in [-0.3, -0.25) is 4.79 Å². The quantitative estimate of drug-likeness (QED) is 0.589. The van der Waals surface area contributed by atoms with Crippen molar-refractivity contribution in [2.75, 3.05) is 0 Å². The highest BCUT2D eigenvalue weighted by Gasteiger charge is 2.00. The summed E-state index contributed by atoms with van der Waals surface area (Å²) in [5, 5.41) is 8.31. The van der Waals surface area contributed by atoms with E-state index in [0.717, 1.165) is 12.1 Å². The Morgan fingerprint density at radius 1 is 1.43 bits per heavy atom. The largest absolute Gasteiger partial charge is 0.478 e. The monoisotopic (exact) mass is 194 g/mol. The number of carbonyl (C=O) groups is 2. The molecule has 1 aromatic rings. The van der Waals surface area contributed by atoms with Gasteiger partial charge < -0.3 is 5.11 Å². The summed E-state index contributed by atoms with van der Waals surface area (Å²) in [5.74, 6) is -1.77. The maximum absolute atomic E-state index is 13.0. The second-order valence-corrected chi connectivity index (χ2v) is 2.57. The Labute approximate surface area is 79.5 Å². The molecule has 0 atom stereocenters. The van der Waals surface area contributed by atoms with Gasteiger partial charge in [0.25, 0.3) is 0 Å². The summed E-state index contributed by atoms with van der Waals surface area (Å²) in [6.07, 6.45) is 2.55. The average molecular weight is 194 g/mol. The fourth-order valence-corrected chi connectivity index (χ4v) is 0.910. The van der Waals surface area contributed by atoms with Gasteiger partial charge in [-0.15, -0.1) is 0 Å². The molecule has 4 heteroatoms. The van der Waals surface area contributed by atoms with Crippen molar-refractivity contribution < 1.29 is 19.1 Å². The van der Waals surface area contributed by atoms with Crippen LogP contribution in [0.4, 0.5) is 4.39 Å². The number of rotatable bonds is 3. The molecule has 0 aliphatic heterocycles. The number of carboxylic acids is 1. The fraction of sp³-hybridized carbons (Fsp3) is 0. The van der Waals surface area contributed by atoms with Crippen molar-refractivity contribution in [1.29, 1.82) is 0 Å². The van der Waals surface area contributed by atoms with E-state index in [1.807, 2.05) is 0 Å². The first kappa shape index (κ1) is 10.1. The maximum Gasteiger partial charge on any atom is 0.328 e. The minimum absolute atomic E-state index is 0.0440. The van der Waals surface area contributed by atoms with Crippen LogP contribution < -0.4 is 0 Å². The second kappa shape index (κ2) is 4.32. The van der Waals surface area contributed by atoms with Crippen LogP contribution in [0.2, 0.25) is 0 Å². The van der Waals surface area contributed by atoms with Gasteiger partial charge in [-0.2, -0.15) is 0 Å². The molecule has 0 heterocycles. The molecule has 0 aliphatic rings. The van der Waals surface area contributed by atoms with Crippen molar-refractivity contribution in [3.05, 3.63) is 41.2 Å². The second-order valence-electron chi connectivity index (χ2n) is 2.57. The highest BCUT2D eigenvalue weighted by molar-refractivity contribution is 5.85. The van der Waals surface area contributed by atoms with Crippen LogP contribution in [0.3, 0.4) is 0 Å².